The van der Waals surface area contributed by atoms with E-state index in [1.807, 2.05) is 0 Å². The smallest absolute Gasteiger partial charge is 0.159 e. The Bertz CT molecular complexity index is 1230. The van der Waals surface area contributed by atoms with Crippen LogP contribution in [0.1, 0.15) is 184 Å². The molecule has 0 atom stereocenters. The lowest BCUT2D eigenvalue weighted by atomic mass is 9.68. The first-order valence-electron chi connectivity index (χ1n) is 21.5. The number of unbranched alkanes of at least 4 members (excludes halogenated alkanes) is 3. The molecule has 4 saturated carbocycles. The summed E-state index contributed by atoms with van der Waals surface area (Å²) >= 11 is 0. The Morgan fingerprint density at radius 1 is 0.396 bits per heavy atom. The molecule has 0 aromatic heterocycles. The molecule has 4 aliphatic carbocycles. The molecule has 4 aliphatic rings. The van der Waals surface area contributed by atoms with Gasteiger partial charge in [-0.05, 0) is 160 Å². The second-order valence-corrected chi connectivity index (χ2v) is 16.8. The van der Waals surface area contributed by atoms with E-state index in [0.717, 1.165) is 72.3 Å². The van der Waals surface area contributed by atoms with Crippen LogP contribution in [0.5, 0.6) is 0 Å². The zero-order valence-corrected chi connectivity index (χ0v) is 33.6. The van der Waals surface area contributed by atoms with E-state index in [4.69, 9.17) is 0 Å². The summed E-state index contributed by atoms with van der Waals surface area (Å²) in [5, 5.41) is 0. The van der Waals surface area contributed by atoms with Gasteiger partial charge in [0.15, 0.2) is 23.3 Å². The minimum absolute atomic E-state index is 0.428. The zero-order chi connectivity index (χ0) is 38.6. The Hall–Kier alpha value is -1.98. The van der Waals surface area contributed by atoms with Crippen LogP contribution in [0.25, 0.3) is 0 Å². The molecular weight excluding hydrogens is 679 g/mol. The van der Waals surface area contributed by atoms with Gasteiger partial charge in [-0.2, -0.15) is 0 Å². The van der Waals surface area contributed by atoms with Crippen LogP contribution in [-0.4, -0.2) is 14.4 Å². The van der Waals surface area contributed by atoms with Crippen molar-refractivity contribution in [1.82, 2.24) is 0 Å². The first-order chi connectivity index (χ1) is 25.8. The number of hydrogen-bond donors (Lipinski definition) is 0. The lowest BCUT2D eigenvalue weighted by Crippen LogP contribution is -2.25. The molecule has 0 heterocycles. The summed E-state index contributed by atoms with van der Waals surface area (Å²) < 4.78 is 72.2. The van der Waals surface area contributed by atoms with Crippen molar-refractivity contribution in [2.45, 2.75) is 173 Å². The van der Waals surface area contributed by atoms with Crippen molar-refractivity contribution in [2.75, 3.05) is 14.4 Å². The predicted molar refractivity (Wildman–Crippen MR) is 211 cm³/mol. The fourth-order valence-electron chi connectivity index (χ4n) is 10.5. The average molecular weight is 751 g/mol. The van der Waals surface area contributed by atoms with Gasteiger partial charge in [0.25, 0.3) is 0 Å². The lowest BCUT2D eigenvalue weighted by Gasteiger charge is -2.38. The van der Waals surface area contributed by atoms with E-state index < -0.39 is 23.3 Å². The Morgan fingerprint density at radius 3 is 1.04 bits per heavy atom. The van der Waals surface area contributed by atoms with Crippen LogP contribution in [0, 0.1) is 58.8 Å². The highest BCUT2D eigenvalue weighted by Crippen LogP contribution is 2.46. The monoisotopic (exact) mass is 751 g/mol. The van der Waals surface area contributed by atoms with Crippen molar-refractivity contribution in [1.29, 1.82) is 0 Å². The predicted octanol–water partition coefficient (Wildman–Crippen LogP) is 16.0. The van der Waals surface area contributed by atoms with Gasteiger partial charge >= 0.3 is 0 Å². The second kappa shape index (κ2) is 25.2. The first-order valence-corrected chi connectivity index (χ1v) is 21.5. The van der Waals surface area contributed by atoms with Crippen LogP contribution >= 0.6 is 0 Å². The molecule has 0 nitrogen and oxygen atoms in total. The third-order valence-electron chi connectivity index (χ3n) is 13.7. The molecule has 0 saturated heterocycles. The van der Waals surface area contributed by atoms with Gasteiger partial charge < -0.3 is 0 Å². The van der Waals surface area contributed by atoms with Crippen molar-refractivity contribution in [3.8, 4) is 0 Å². The normalized spacial score (nSPS) is 28.6. The minimum Gasteiger partial charge on any atom is -0.255 e. The Morgan fingerprint density at radius 2 is 0.717 bits per heavy atom. The molecule has 0 N–H and O–H groups in total. The van der Waals surface area contributed by atoms with Crippen LogP contribution in [-0.2, 0) is 0 Å². The fourth-order valence-corrected chi connectivity index (χ4v) is 10.5. The number of halogens is 6. The van der Waals surface area contributed by atoms with E-state index in [0.29, 0.717) is 26.2 Å². The summed E-state index contributed by atoms with van der Waals surface area (Å²) in [6.45, 7) is 4.57. The first kappa shape index (κ1) is 45.4. The highest BCUT2D eigenvalue weighted by molar-refractivity contribution is 5.23. The number of rotatable bonds is 11. The van der Waals surface area contributed by atoms with E-state index in [9.17, 15) is 26.3 Å². The molecule has 0 bridgehead atoms. The zero-order valence-electron chi connectivity index (χ0n) is 33.6. The Kier molecular flexibility index (Phi) is 21.6. The minimum atomic E-state index is -0.729. The topological polar surface area (TPSA) is 0 Å². The van der Waals surface area contributed by atoms with Gasteiger partial charge in [0.05, 0.1) is 14.4 Å². The SMILES string of the molecule is CCCCC1CCC(C2CCC(c3ccc(F)c(F)c3)CC2)CC1.CCCCCC1CCC(C2CCC(c3ccc(F)c(F)c3)CC2)CC1.CF.CF. The van der Waals surface area contributed by atoms with Gasteiger partial charge in [0.1, 0.15) is 0 Å². The average Bonchev–Trinajstić information content (AvgIpc) is 3.22. The fraction of sp³-hybridized carbons (Fsp3) is 0.745. The number of benzene rings is 2. The van der Waals surface area contributed by atoms with Gasteiger partial charge in [-0.25, -0.2) is 17.6 Å². The summed E-state index contributed by atoms with van der Waals surface area (Å²) in [6, 6.07) is 8.97. The van der Waals surface area contributed by atoms with Crippen LogP contribution in [0.4, 0.5) is 26.3 Å². The molecular formula is C47H72F6. The molecule has 0 spiro atoms. The highest BCUT2D eigenvalue weighted by atomic mass is 19.2. The summed E-state index contributed by atoms with van der Waals surface area (Å²) in [5.41, 5.74) is 1.99. The van der Waals surface area contributed by atoms with Crippen molar-refractivity contribution >= 4 is 0 Å². The van der Waals surface area contributed by atoms with E-state index in [2.05, 4.69) is 13.8 Å². The highest BCUT2D eigenvalue weighted by Gasteiger charge is 2.33. The van der Waals surface area contributed by atoms with Crippen LogP contribution in [0.15, 0.2) is 36.4 Å². The third kappa shape index (κ3) is 14.6. The maximum atomic E-state index is 13.5. The number of alkyl halides is 2. The van der Waals surface area contributed by atoms with Gasteiger partial charge in [-0.15, -0.1) is 0 Å². The third-order valence-corrected chi connectivity index (χ3v) is 13.7. The van der Waals surface area contributed by atoms with E-state index in [1.54, 1.807) is 12.1 Å². The molecule has 0 radical (unpaired) electrons. The molecule has 53 heavy (non-hydrogen) atoms. The lowest BCUT2D eigenvalue weighted by molar-refractivity contribution is 0.155. The molecule has 4 fully saturated rings. The van der Waals surface area contributed by atoms with Gasteiger partial charge in [0, 0.05) is 0 Å². The molecule has 302 valence electrons. The van der Waals surface area contributed by atoms with E-state index in [1.165, 1.54) is 146 Å². The van der Waals surface area contributed by atoms with Gasteiger partial charge in [-0.3, -0.25) is 8.78 Å². The van der Waals surface area contributed by atoms with Crippen molar-refractivity contribution in [3.63, 3.8) is 0 Å². The van der Waals surface area contributed by atoms with E-state index in [-0.39, 0.29) is 0 Å². The van der Waals surface area contributed by atoms with Crippen LogP contribution in [0.3, 0.4) is 0 Å². The molecule has 0 amide bonds. The van der Waals surface area contributed by atoms with Crippen molar-refractivity contribution < 1.29 is 26.3 Å². The molecule has 2 aromatic carbocycles. The molecule has 2 aromatic rings. The summed E-state index contributed by atoms with van der Waals surface area (Å²) in [7, 11) is 1.00. The van der Waals surface area contributed by atoms with Crippen LogP contribution in [0.2, 0.25) is 0 Å². The summed E-state index contributed by atoms with van der Waals surface area (Å²) in [6.07, 6.45) is 30.9. The quantitative estimate of drug-likeness (QED) is 0.158. The Balaban J connectivity index is 0.000000261. The maximum Gasteiger partial charge on any atom is 0.159 e. The van der Waals surface area contributed by atoms with Gasteiger partial charge in [0.2, 0.25) is 0 Å². The largest absolute Gasteiger partial charge is 0.255 e. The van der Waals surface area contributed by atoms with Crippen LogP contribution < -0.4 is 0 Å². The molecule has 6 heteroatoms. The van der Waals surface area contributed by atoms with Crippen molar-refractivity contribution in [2.24, 2.45) is 35.5 Å². The maximum absolute atomic E-state index is 13.5. The number of hydrogen-bond acceptors (Lipinski definition) is 0. The van der Waals surface area contributed by atoms with Crippen molar-refractivity contribution in [3.05, 3.63) is 70.8 Å². The van der Waals surface area contributed by atoms with E-state index >= 15 is 0 Å². The molecule has 6 rings (SSSR count). The molecule has 0 aliphatic heterocycles. The molecule has 0 unspecified atom stereocenters. The standard InChI is InChI=1S/C23H34F2.C22H32F2.2CH3F/c1-2-3-4-5-17-6-8-18(9-7-17)19-10-12-20(13-11-19)21-14-15-22(24)23(25)16-21;1-2-3-4-16-5-7-17(8-6-16)18-9-11-19(12-10-18)20-13-14-21(23)22(24)15-20;2*1-2/h14-20H,2-13H2,1H3;13-19H,2-12H2,1H3;2*1H3. The Labute approximate surface area is 319 Å². The second-order valence-electron chi connectivity index (χ2n) is 16.8. The summed E-state index contributed by atoms with van der Waals surface area (Å²) in [4.78, 5) is 0. The van der Waals surface area contributed by atoms with Gasteiger partial charge in [-0.1, -0.05) is 96.6 Å². The summed E-state index contributed by atoms with van der Waals surface area (Å²) in [5.74, 6) is 3.58.